The van der Waals surface area contributed by atoms with Gasteiger partial charge in [-0.3, -0.25) is 0 Å². The molecule has 2 aromatic carbocycles. The zero-order valence-corrected chi connectivity index (χ0v) is 18.4. The number of benzene rings is 2. The number of allylic oxidation sites excluding steroid dienone is 1. The van der Waals surface area contributed by atoms with Gasteiger partial charge in [0, 0.05) is 0 Å². The van der Waals surface area contributed by atoms with Crippen LogP contribution in [0.15, 0.2) is 79.0 Å². The lowest BCUT2D eigenvalue weighted by atomic mass is 10.1. The first-order valence-electron chi connectivity index (χ1n) is 10.5. The van der Waals surface area contributed by atoms with Crippen LogP contribution in [-0.2, 0) is 12.8 Å². The highest BCUT2D eigenvalue weighted by Gasteiger charge is 1.92. The Balaban J connectivity index is 0. The Morgan fingerprint density at radius 3 is 1.57 bits per heavy atom. The minimum atomic E-state index is 1.14. The van der Waals surface area contributed by atoms with Crippen LogP contribution in [0.2, 0.25) is 0 Å². The summed E-state index contributed by atoms with van der Waals surface area (Å²) in [6.07, 6.45) is 20.5. The summed E-state index contributed by atoms with van der Waals surface area (Å²) in [6.45, 7) is 9.61. The van der Waals surface area contributed by atoms with Crippen LogP contribution in [0.1, 0.15) is 70.4 Å². The van der Waals surface area contributed by atoms with Crippen LogP contribution in [0.5, 0.6) is 0 Å². The third-order valence-corrected chi connectivity index (χ3v) is 4.12. The third-order valence-electron chi connectivity index (χ3n) is 4.12. The van der Waals surface area contributed by atoms with Crippen molar-refractivity contribution in [3.8, 4) is 12.8 Å². The van der Waals surface area contributed by atoms with Gasteiger partial charge >= 0.3 is 0 Å². The van der Waals surface area contributed by atoms with Gasteiger partial charge in [0.25, 0.3) is 0 Å². The largest absolute Gasteiger partial charge is 0.133 e. The normalized spacial score (nSPS) is 8.46. The molecule has 0 N–H and O–H groups in total. The van der Waals surface area contributed by atoms with Gasteiger partial charge in [-0.05, 0) is 43.4 Å². The molecule has 0 saturated carbocycles. The van der Waals surface area contributed by atoms with Crippen molar-refractivity contribution in [3.63, 3.8) is 0 Å². The lowest BCUT2D eigenvalue weighted by molar-refractivity contribution is 0.607. The summed E-state index contributed by atoms with van der Waals surface area (Å²) < 4.78 is 0. The van der Waals surface area contributed by atoms with Crippen LogP contribution in [0.4, 0.5) is 0 Å². The average molecular weight is 377 g/mol. The predicted octanol–water partition coefficient (Wildman–Crippen LogP) is 8.44. The van der Waals surface area contributed by atoms with E-state index in [1.165, 1.54) is 56.1 Å². The lowest BCUT2D eigenvalue weighted by Crippen LogP contribution is -1.85. The van der Waals surface area contributed by atoms with Gasteiger partial charge in [-0.25, -0.2) is 0 Å². The topological polar surface area (TPSA) is 0 Å². The van der Waals surface area contributed by atoms with Gasteiger partial charge in [-0.2, -0.15) is 0 Å². The Hall–Kier alpha value is -2.48. The Morgan fingerprint density at radius 2 is 1.18 bits per heavy atom. The molecule has 152 valence electrons. The molecule has 0 spiro atoms. The zero-order chi connectivity index (χ0) is 21.3. The average Bonchev–Trinajstić information content (AvgIpc) is 2.79. The number of aryl methyl sites for hydroxylation is 2. The van der Waals surface area contributed by atoms with E-state index in [0.717, 1.165) is 6.42 Å². The van der Waals surface area contributed by atoms with Gasteiger partial charge in [0.05, 0.1) is 0 Å². The van der Waals surface area contributed by atoms with E-state index in [1.54, 1.807) is 6.08 Å². The molecule has 0 aliphatic rings. The monoisotopic (exact) mass is 376 g/mol. The number of hydrogen-bond acceptors (Lipinski definition) is 0. The van der Waals surface area contributed by atoms with Crippen molar-refractivity contribution >= 4 is 0 Å². The fourth-order valence-corrected chi connectivity index (χ4v) is 2.47. The molecule has 0 aliphatic carbocycles. The first-order chi connectivity index (χ1) is 13.8. The van der Waals surface area contributed by atoms with E-state index in [4.69, 9.17) is 0 Å². The molecule has 0 aliphatic heterocycles. The van der Waals surface area contributed by atoms with Crippen molar-refractivity contribution < 1.29 is 0 Å². The Bertz CT molecular complexity index is 586. The SMILES string of the molecule is C#C.C=C=CC.CCCCCCCCc1ccccc1.CCc1ccccc1. The van der Waals surface area contributed by atoms with Crippen molar-refractivity contribution in [1.29, 1.82) is 0 Å². The van der Waals surface area contributed by atoms with E-state index in [1.807, 2.05) is 13.0 Å². The maximum atomic E-state index is 4.00. The van der Waals surface area contributed by atoms with E-state index in [2.05, 4.69) is 93.6 Å². The summed E-state index contributed by atoms with van der Waals surface area (Å²) in [4.78, 5) is 0. The van der Waals surface area contributed by atoms with E-state index in [9.17, 15) is 0 Å². The van der Waals surface area contributed by atoms with Gasteiger partial charge in [0.2, 0.25) is 0 Å². The summed E-state index contributed by atoms with van der Waals surface area (Å²) in [5.41, 5.74) is 5.45. The smallest absolute Gasteiger partial charge is 0.0279 e. The second-order valence-corrected chi connectivity index (χ2v) is 6.34. The second-order valence-electron chi connectivity index (χ2n) is 6.34. The molecule has 0 fully saturated rings. The molecule has 0 heteroatoms. The number of hydrogen-bond donors (Lipinski definition) is 0. The van der Waals surface area contributed by atoms with Crippen molar-refractivity contribution in [3.05, 3.63) is 90.2 Å². The molecule has 0 amide bonds. The molecule has 0 heterocycles. The molecular weight excluding hydrogens is 336 g/mol. The van der Waals surface area contributed by atoms with E-state index < -0.39 is 0 Å². The maximum absolute atomic E-state index is 4.00. The van der Waals surface area contributed by atoms with E-state index in [-0.39, 0.29) is 0 Å². The fourth-order valence-electron chi connectivity index (χ4n) is 2.47. The molecule has 0 radical (unpaired) electrons. The molecule has 0 nitrogen and oxygen atoms in total. The standard InChI is InChI=1S/C14H22.C8H10.C4H6.C2H2/c1-2-3-4-5-6-8-11-14-12-9-7-10-13-14;1-2-8-6-4-3-5-7-8;1-3-4-2;1-2/h7,9-10,12-13H,2-6,8,11H2,1H3;3-7H,2H2,1H3;4H,1H2,2H3;1-2H. The van der Waals surface area contributed by atoms with Crippen LogP contribution >= 0.6 is 0 Å². The minimum absolute atomic E-state index is 1.14. The molecule has 2 aromatic rings. The molecule has 0 atom stereocenters. The summed E-state index contributed by atoms with van der Waals surface area (Å²) in [5, 5.41) is 0. The van der Waals surface area contributed by atoms with Gasteiger partial charge in [-0.15, -0.1) is 18.6 Å². The van der Waals surface area contributed by atoms with Crippen molar-refractivity contribution in [1.82, 2.24) is 0 Å². The van der Waals surface area contributed by atoms with Crippen LogP contribution in [0.3, 0.4) is 0 Å². The highest BCUT2D eigenvalue weighted by atomic mass is 14.0. The molecule has 0 aromatic heterocycles. The van der Waals surface area contributed by atoms with Crippen molar-refractivity contribution in [2.75, 3.05) is 0 Å². The van der Waals surface area contributed by atoms with E-state index >= 15 is 0 Å². The first kappa shape index (κ1) is 27.7. The molecular formula is C28H40. The van der Waals surface area contributed by atoms with Gasteiger partial charge < -0.3 is 0 Å². The quantitative estimate of drug-likeness (QED) is 0.246. The Morgan fingerprint density at radius 1 is 0.750 bits per heavy atom. The molecule has 0 saturated heterocycles. The van der Waals surface area contributed by atoms with Gasteiger partial charge in [-0.1, -0.05) is 113 Å². The second kappa shape index (κ2) is 24.5. The lowest BCUT2D eigenvalue weighted by Gasteiger charge is -2.01. The minimum Gasteiger partial charge on any atom is -0.133 e. The number of rotatable bonds is 8. The van der Waals surface area contributed by atoms with Crippen LogP contribution < -0.4 is 0 Å². The van der Waals surface area contributed by atoms with Crippen LogP contribution in [-0.4, -0.2) is 0 Å². The molecule has 28 heavy (non-hydrogen) atoms. The summed E-state index contributed by atoms with van der Waals surface area (Å²) >= 11 is 0. The van der Waals surface area contributed by atoms with Crippen molar-refractivity contribution in [2.24, 2.45) is 0 Å². The zero-order valence-electron chi connectivity index (χ0n) is 18.4. The highest BCUT2D eigenvalue weighted by molar-refractivity contribution is 5.14. The molecule has 2 rings (SSSR count). The maximum Gasteiger partial charge on any atom is -0.0279 e. The van der Waals surface area contributed by atoms with Gasteiger partial charge in [0.15, 0.2) is 0 Å². The molecule has 0 unspecified atom stereocenters. The number of unbranched alkanes of at least 4 members (excludes halogenated alkanes) is 5. The summed E-state index contributed by atoms with van der Waals surface area (Å²) in [7, 11) is 0. The predicted molar refractivity (Wildman–Crippen MR) is 129 cm³/mol. The first-order valence-corrected chi connectivity index (χ1v) is 10.5. The van der Waals surface area contributed by atoms with Crippen molar-refractivity contribution in [2.45, 2.75) is 72.1 Å². The highest BCUT2D eigenvalue weighted by Crippen LogP contribution is 2.09. The van der Waals surface area contributed by atoms with E-state index in [0.29, 0.717) is 0 Å². The fraction of sp³-hybridized carbons (Fsp3) is 0.393. The van der Waals surface area contributed by atoms with Crippen LogP contribution in [0, 0.1) is 12.8 Å². The number of terminal acetylenes is 1. The summed E-state index contributed by atoms with van der Waals surface area (Å²) in [5.74, 6) is 0. The van der Waals surface area contributed by atoms with Gasteiger partial charge in [0.1, 0.15) is 0 Å². The molecule has 0 bridgehead atoms. The van der Waals surface area contributed by atoms with Crippen LogP contribution in [0.25, 0.3) is 0 Å². The Labute approximate surface area is 175 Å². The summed E-state index contributed by atoms with van der Waals surface area (Å²) in [6, 6.07) is 21.3. The third kappa shape index (κ3) is 19.8. The Kier molecular flexibility index (Phi) is 24.3.